The monoisotopic (exact) mass is 287 g/mol. The Hall–Kier alpha value is -2.36. The van der Waals surface area contributed by atoms with E-state index in [9.17, 15) is 9.18 Å². The molecule has 0 bridgehead atoms. The van der Waals surface area contributed by atoms with E-state index in [4.69, 9.17) is 4.74 Å². The second kappa shape index (κ2) is 6.39. The Kier molecular flexibility index (Phi) is 4.58. The van der Waals surface area contributed by atoms with Gasteiger partial charge in [0.05, 0.1) is 13.5 Å². The van der Waals surface area contributed by atoms with E-state index in [1.165, 1.54) is 19.2 Å². The van der Waals surface area contributed by atoms with Crippen LogP contribution in [0.2, 0.25) is 0 Å². The van der Waals surface area contributed by atoms with E-state index in [0.717, 1.165) is 16.8 Å². The highest BCUT2D eigenvalue weighted by Crippen LogP contribution is 2.19. The molecule has 0 aliphatic rings. The van der Waals surface area contributed by atoms with Crippen LogP contribution < -0.4 is 10.1 Å². The average Bonchev–Trinajstić information content (AvgIpc) is 2.43. The number of aryl methyl sites for hydroxylation is 2. The molecule has 0 aliphatic heterocycles. The van der Waals surface area contributed by atoms with E-state index in [-0.39, 0.29) is 18.1 Å². The first-order valence-electron chi connectivity index (χ1n) is 6.69. The van der Waals surface area contributed by atoms with E-state index < -0.39 is 5.82 Å². The van der Waals surface area contributed by atoms with E-state index in [2.05, 4.69) is 5.32 Å². The van der Waals surface area contributed by atoms with Crippen molar-refractivity contribution in [1.29, 1.82) is 0 Å². The molecule has 0 saturated heterocycles. The van der Waals surface area contributed by atoms with Gasteiger partial charge in [0.1, 0.15) is 0 Å². The molecule has 2 rings (SSSR count). The lowest BCUT2D eigenvalue weighted by Gasteiger charge is -2.10. The quantitative estimate of drug-likeness (QED) is 0.932. The number of carbonyl (C=O) groups excluding carboxylic acids is 1. The second-order valence-electron chi connectivity index (χ2n) is 5.01. The van der Waals surface area contributed by atoms with Gasteiger partial charge >= 0.3 is 0 Å². The lowest BCUT2D eigenvalue weighted by Crippen LogP contribution is -2.15. The minimum absolute atomic E-state index is 0.119. The summed E-state index contributed by atoms with van der Waals surface area (Å²) in [6.07, 6.45) is 0.119. The molecule has 1 N–H and O–H groups in total. The summed E-state index contributed by atoms with van der Waals surface area (Å²) < 4.78 is 18.4. The first-order chi connectivity index (χ1) is 9.99. The third kappa shape index (κ3) is 3.81. The zero-order valence-corrected chi connectivity index (χ0v) is 12.4. The molecule has 4 heteroatoms. The highest BCUT2D eigenvalue weighted by Gasteiger charge is 2.09. The van der Waals surface area contributed by atoms with E-state index in [1.807, 2.05) is 32.0 Å². The van der Waals surface area contributed by atoms with Gasteiger partial charge in [-0.1, -0.05) is 18.2 Å². The summed E-state index contributed by atoms with van der Waals surface area (Å²) in [6.45, 7) is 3.90. The Bertz CT molecular complexity index is 668. The van der Waals surface area contributed by atoms with Crippen LogP contribution in [0.5, 0.6) is 5.75 Å². The smallest absolute Gasteiger partial charge is 0.228 e. The summed E-state index contributed by atoms with van der Waals surface area (Å²) in [6, 6.07) is 10.4. The summed E-state index contributed by atoms with van der Waals surface area (Å²) in [5.74, 6) is -0.462. The van der Waals surface area contributed by atoms with Crippen LogP contribution in [0.15, 0.2) is 36.4 Å². The topological polar surface area (TPSA) is 38.3 Å². The molecule has 2 aromatic rings. The highest BCUT2D eigenvalue weighted by atomic mass is 19.1. The van der Waals surface area contributed by atoms with Gasteiger partial charge in [0.2, 0.25) is 5.91 Å². The minimum Gasteiger partial charge on any atom is -0.494 e. The molecule has 0 aromatic heterocycles. The van der Waals surface area contributed by atoms with Gasteiger partial charge in [-0.25, -0.2) is 4.39 Å². The zero-order valence-electron chi connectivity index (χ0n) is 12.4. The summed E-state index contributed by atoms with van der Waals surface area (Å²) in [4.78, 5) is 12.0. The van der Waals surface area contributed by atoms with Crippen molar-refractivity contribution in [2.45, 2.75) is 20.3 Å². The maximum absolute atomic E-state index is 13.6. The van der Waals surface area contributed by atoms with Crippen LogP contribution in [-0.4, -0.2) is 13.0 Å². The third-order valence-electron chi connectivity index (χ3n) is 3.25. The summed E-state index contributed by atoms with van der Waals surface area (Å²) in [7, 11) is 1.41. The minimum atomic E-state index is -0.463. The van der Waals surface area contributed by atoms with Gasteiger partial charge in [-0.3, -0.25) is 4.79 Å². The van der Waals surface area contributed by atoms with Gasteiger partial charge in [0, 0.05) is 5.69 Å². The standard InChI is InChI=1S/C17H18FNO2/c1-11-4-5-12(2)15(8-11)19-17(20)10-13-6-7-16(21-3)14(18)9-13/h4-9H,10H2,1-3H3,(H,19,20). The largest absolute Gasteiger partial charge is 0.494 e. The summed E-state index contributed by atoms with van der Waals surface area (Å²) in [5.41, 5.74) is 3.46. The molecular formula is C17H18FNO2. The van der Waals surface area contributed by atoms with Crippen molar-refractivity contribution in [1.82, 2.24) is 0 Å². The van der Waals surface area contributed by atoms with Gasteiger partial charge < -0.3 is 10.1 Å². The number of hydrogen-bond acceptors (Lipinski definition) is 2. The molecule has 0 unspecified atom stereocenters. The highest BCUT2D eigenvalue weighted by molar-refractivity contribution is 5.93. The van der Waals surface area contributed by atoms with Crippen LogP contribution >= 0.6 is 0 Å². The maximum atomic E-state index is 13.6. The molecule has 0 radical (unpaired) electrons. The Morgan fingerprint density at radius 3 is 2.62 bits per heavy atom. The molecule has 0 aliphatic carbocycles. The van der Waals surface area contributed by atoms with Crippen molar-refractivity contribution in [3.05, 3.63) is 58.9 Å². The first-order valence-corrected chi connectivity index (χ1v) is 6.69. The fourth-order valence-electron chi connectivity index (χ4n) is 2.07. The number of amides is 1. The van der Waals surface area contributed by atoms with Crippen LogP contribution in [0.4, 0.5) is 10.1 Å². The number of rotatable bonds is 4. The number of halogens is 1. The maximum Gasteiger partial charge on any atom is 0.228 e. The Balaban J connectivity index is 2.08. The lowest BCUT2D eigenvalue weighted by atomic mass is 10.1. The van der Waals surface area contributed by atoms with Crippen molar-refractivity contribution in [3.63, 3.8) is 0 Å². The van der Waals surface area contributed by atoms with Crippen LogP contribution in [-0.2, 0) is 11.2 Å². The van der Waals surface area contributed by atoms with Gasteiger partial charge in [0.15, 0.2) is 11.6 Å². The molecule has 1 amide bonds. The Morgan fingerprint density at radius 2 is 1.95 bits per heavy atom. The average molecular weight is 287 g/mol. The number of methoxy groups -OCH3 is 1. The Labute approximate surface area is 123 Å². The normalized spacial score (nSPS) is 10.3. The van der Waals surface area contributed by atoms with Gasteiger partial charge in [-0.15, -0.1) is 0 Å². The zero-order chi connectivity index (χ0) is 15.4. The molecule has 0 atom stereocenters. The fourth-order valence-corrected chi connectivity index (χ4v) is 2.07. The molecule has 110 valence electrons. The van der Waals surface area contributed by atoms with E-state index in [0.29, 0.717) is 5.56 Å². The van der Waals surface area contributed by atoms with Crippen molar-refractivity contribution >= 4 is 11.6 Å². The van der Waals surface area contributed by atoms with Crippen molar-refractivity contribution in [2.24, 2.45) is 0 Å². The van der Waals surface area contributed by atoms with E-state index >= 15 is 0 Å². The van der Waals surface area contributed by atoms with Crippen LogP contribution in [0.1, 0.15) is 16.7 Å². The molecule has 0 fully saturated rings. The number of nitrogens with one attached hydrogen (secondary N) is 1. The summed E-state index contributed by atoms with van der Waals surface area (Å²) in [5, 5.41) is 2.85. The van der Waals surface area contributed by atoms with Gasteiger partial charge in [-0.2, -0.15) is 0 Å². The van der Waals surface area contributed by atoms with Gasteiger partial charge in [0.25, 0.3) is 0 Å². The second-order valence-corrected chi connectivity index (χ2v) is 5.01. The van der Waals surface area contributed by atoms with E-state index in [1.54, 1.807) is 6.07 Å². The predicted octanol–water partition coefficient (Wildman–Crippen LogP) is 3.63. The van der Waals surface area contributed by atoms with Crippen molar-refractivity contribution in [3.8, 4) is 5.75 Å². The molecule has 0 heterocycles. The number of hydrogen-bond donors (Lipinski definition) is 1. The molecular weight excluding hydrogens is 269 g/mol. The van der Waals surface area contributed by atoms with Crippen LogP contribution in [0.3, 0.4) is 0 Å². The van der Waals surface area contributed by atoms with Crippen molar-refractivity contribution < 1.29 is 13.9 Å². The number of benzene rings is 2. The molecule has 0 saturated carbocycles. The summed E-state index contributed by atoms with van der Waals surface area (Å²) >= 11 is 0. The lowest BCUT2D eigenvalue weighted by molar-refractivity contribution is -0.115. The number of carbonyl (C=O) groups is 1. The Morgan fingerprint density at radius 1 is 1.19 bits per heavy atom. The molecule has 0 spiro atoms. The SMILES string of the molecule is COc1ccc(CC(=O)Nc2cc(C)ccc2C)cc1F. The molecule has 2 aromatic carbocycles. The molecule has 3 nitrogen and oxygen atoms in total. The van der Waals surface area contributed by atoms with Crippen LogP contribution in [0, 0.1) is 19.7 Å². The van der Waals surface area contributed by atoms with Crippen LogP contribution in [0.25, 0.3) is 0 Å². The first kappa shape index (κ1) is 15.0. The fraction of sp³-hybridized carbons (Fsp3) is 0.235. The van der Waals surface area contributed by atoms with Crippen molar-refractivity contribution in [2.75, 3.05) is 12.4 Å². The molecule has 21 heavy (non-hydrogen) atoms. The number of ether oxygens (including phenoxy) is 1. The predicted molar refractivity (Wildman–Crippen MR) is 81.2 cm³/mol. The number of anilines is 1. The van der Waals surface area contributed by atoms with Gasteiger partial charge in [-0.05, 0) is 48.7 Å². The third-order valence-corrected chi connectivity index (χ3v) is 3.25.